The zero-order valence-electron chi connectivity index (χ0n) is 9.43. The van der Waals surface area contributed by atoms with Gasteiger partial charge in [0.05, 0.1) is 12.4 Å². The third-order valence-corrected chi connectivity index (χ3v) is 4.93. The lowest BCUT2D eigenvalue weighted by Crippen LogP contribution is -2.47. The van der Waals surface area contributed by atoms with E-state index < -0.39 is 10.0 Å². The van der Waals surface area contributed by atoms with Crippen LogP contribution in [0.5, 0.6) is 0 Å². The SMILES string of the molecule is O=S(=O)(CCO)NC1CCN2CCCCC12. The summed E-state index contributed by atoms with van der Waals surface area (Å²) in [5.41, 5.74) is 0. The first-order chi connectivity index (χ1) is 7.62. The van der Waals surface area contributed by atoms with E-state index in [9.17, 15) is 8.42 Å². The standard InChI is InChI=1S/C10H20N2O3S/c13-7-8-16(14,15)11-9-4-6-12-5-2-1-3-10(9)12/h9-11,13H,1-8H2. The predicted octanol–water partition coefficient (Wildman–Crippen LogP) is -0.475. The smallest absolute Gasteiger partial charge is 0.214 e. The number of hydrogen-bond donors (Lipinski definition) is 2. The fourth-order valence-corrected chi connectivity index (χ4v) is 3.89. The van der Waals surface area contributed by atoms with Gasteiger partial charge in [-0.1, -0.05) is 6.42 Å². The molecule has 0 amide bonds. The zero-order chi connectivity index (χ0) is 11.6. The summed E-state index contributed by atoms with van der Waals surface area (Å²) in [5, 5.41) is 8.68. The zero-order valence-corrected chi connectivity index (χ0v) is 10.2. The van der Waals surface area contributed by atoms with E-state index in [0.29, 0.717) is 6.04 Å². The highest BCUT2D eigenvalue weighted by atomic mass is 32.2. The molecule has 0 bridgehead atoms. The summed E-state index contributed by atoms with van der Waals surface area (Å²) >= 11 is 0. The Kier molecular flexibility index (Phi) is 3.84. The Balaban J connectivity index is 1.95. The van der Waals surface area contributed by atoms with Gasteiger partial charge in [-0.3, -0.25) is 4.90 Å². The number of fused-ring (bicyclic) bond motifs is 1. The Morgan fingerprint density at radius 3 is 2.81 bits per heavy atom. The summed E-state index contributed by atoms with van der Waals surface area (Å²) in [4.78, 5) is 2.38. The minimum Gasteiger partial charge on any atom is -0.395 e. The lowest BCUT2D eigenvalue weighted by Gasteiger charge is -2.32. The van der Waals surface area contributed by atoms with Crippen molar-refractivity contribution in [1.82, 2.24) is 9.62 Å². The Bertz CT molecular complexity index is 331. The van der Waals surface area contributed by atoms with E-state index in [-0.39, 0.29) is 18.4 Å². The molecule has 0 aliphatic carbocycles. The van der Waals surface area contributed by atoms with Crippen LogP contribution in [0, 0.1) is 0 Å². The molecule has 94 valence electrons. The Hall–Kier alpha value is -0.170. The van der Waals surface area contributed by atoms with E-state index in [1.54, 1.807) is 0 Å². The first-order valence-corrected chi connectivity index (χ1v) is 7.62. The molecule has 2 heterocycles. The van der Waals surface area contributed by atoms with Crippen molar-refractivity contribution in [2.75, 3.05) is 25.4 Å². The number of sulfonamides is 1. The van der Waals surface area contributed by atoms with Crippen LogP contribution in [0.4, 0.5) is 0 Å². The average molecular weight is 248 g/mol. The highest BCUT2D eigenvalue weighted by molar-refractivity contribution is 7.89. The number of aliphatic hydroxyl groups excluding tert-OH is 1. The number of aliphatic hydroxyl groups is 1. The van der Waals surface area contributed by atoms with Gasteiger partial charge in [0.25, 0.3) is 0 Å². The highest BCUT2D eigenvalue weighted by Crippen LogP contribution is 2.27. The Labute approximate surface area is 96.9 Å². The molecule has 6 heteroatoms. The summed E-state index contributed by atoms with van der Waals surface area (Å²) in [6.07, 6.45) is 4.41. The van der Waals surface area contributed by atoms with Gasteiger partial charge in [-0.2, -0.15) is 0 Å². The molecule has 0 saturated carbocycles. The van der Waals surface area contributed by atoms with Crippen LogP contribution in [0.15, 0.2) is 0 Å². The van der Waals surface area contributed by atoms with E-state index >= 15 is 0 Å². The summed E-state index contributed by atoms with van der Waals surface area (Å²) in [6, 6.07) is 0.430. The molecule has 5 nitrogen and oxygen atoms in total. The number of nitrogens with zero attached hydrogens (tertiary/aromatic N) is 1. The second-order valence-electron chi connectivity index (χ2n) is 4.65. The molecular weight excluding hydrogens is 228 g/mol. The van der Waals surface area contributed by atoms with Crippen LogP contribution in [0.2, 0.25) is 0 Å². The number of piperidine rings is 1. The van der Waals surface area contributed by atoms with Crippen molar-refractivity contribution in [2.45, 2.75) is 37.8 Å². The van der Waals surface area contributed by atoms with Crippen molar-refractivity contribution < 1.29 is 13.5 Å². The molecule has 2 atom stereocenters. The molecule has 2 saturated heterocycles. The predicted molar refractivity (Wildman–Crippen MR) is 61.6 cm³/mol. The molecule has 0 aromatic carbocycles. The quantitative estimate of drug-likeness (QED) is 0.705. The molecule has 2 fully saturated rings. The van der Waals surface area contributed by atoms with E-state index in [0.717, 1.165) is 25.9 Å². The average Bonchev–Trinajstić information content (AvgIpc) is 2.61. The van der Waals surface area contributed by atoms with Crippen molar-refractivity contribution in [3.63, 3.8) is 0 Å². The second kappa shape index (κ2) is 5.00. The van der Waals surface area contributed by atoms with Gasteiger partial charge >= 0.3 is 0 Å². The van der Waals surface area contributed by atoms with Gasteiger partial charge in [0.1, 0.15) is 0 Å². The van der Waals surface area contributed by atoms with Gasteiger partial charge in [0.15, 0.2) is 0 Å². The molecule has 2 rings (SSSR count). The van der Waals surface area contributed by atoms with E-state index in [2.05, 4.69) is 9.62 Å². The lowest BCUT2D eigenvalue weighted by molar-refractivity contribution is 0.186. The van der Waals surface area contributed by atoms with E-state index in [1.807, 2.05) is 0 Å². The fourth-order valence-electron chi connectivity index (χ4n) is 2.79. The summed E-state index contributed by atoms with van der Waals surface area (Å²) in [6.45, 7) is 1.79. The maximum absolute atomic E-state index is 11.6. The molecule has 0 aromatic heterocycles. The monoisotopic (exact) mass is 248 g/mol. The normalized spacial score (nSPS) is 31.6. The summed E-state index contributed by atoms with van der Waals surface area (Å²) in [5.74, 6) is -0.184. The van der Waals surface area contributed by atoms with Crippen LogP contribution in [0.1, 0.15) is 25.7 Å². The van der Waals surface area contributed by atoms with Gasteiger partial charge in [-0.25, -0.2) is 13.1 Å². The van der Waals surface area contributed by atoms with Gasteiger partial charge in [-0.05, 0) is 25.8 Å². The molecule has 2 aliphatic rings. The fraction of sp³-hybridized carbons (Fsp3) is 1.00. The molecule has 0 spiro atoms. The third-order valence-electron chi connectivity index (χ3n) is 3.55. The summed E-state index contributed by atoms with van der Waals surface area (Å²) < 4.78 is 25.9. The maximum Gasteiger partial charge on any atom is 0.214 e. The highest BCUT2D eigenvalue weighted by Gasteiger charge is 2.37. The van der Waals surface area contributed by atoms with Crippen molar-refractivity contribution in [1.29, 1.82) is 0 Å². The van der Waals surface area contributed by atoms with Crippen molar-refractivity contribution >= 4 is 10.0 Å². The molecule has 2 N–H and O–H groups in total. The second-order valence-corrected chi connectivity index (χ2v) is 6.53. The van der Waals surface area contributed by atoms with Crippen LogP contribution in [0.3, 0.4) is 0 Å². The first-order valence-electron chi connectivity index (χ1n) is 5.97. The molecule has 0 radical (unpaired) electrons. The minimum atomic E-state index is -3.29. The molecular formula is C10H20N2O3S. The molecule has 0 aromatic rings. The van der Waals surface area contributed by atoms with Crippen molar-refractivity contribution in [2.24, 2.45) is 0 Å². The van der Waals surface area contributed by atoms with Crippen molar-refractivity contribution in [3.8, 4) is 0 Å². The van der Waals surface area contributed by atoms with E-state index in [4.69, 9.17) is 5.11 Å². The van der Waals surface area contributed by atoms with Crippen LogP contribution in [-0.2, 0) is 10.0 Å². The molecule has 2 unspecified atom stereocenters. The topological polar surface area (TPSA) is 69.6 Å². The number of nitrogens with one attached hydrogen (secondary N) is 1. The largest absolute Gasteiger partial charge is 0.395 e. The summed E-state index contributed by atoms with van der Waals surface area (Å²) in [7, 11) is -3.29. The van der Waals surface area contributed by atoms with E-state index in [1.165, 1.54) is 12.8 Å². The van der Waals surface area contributed by atoms with Crippen molar-refractivity contribution in [3.05, 3.63) is 0 Å². The molecule has 16 heavy (non-hydrogen) atoms. The van der Waals surface area contributed by atoms with Crippen LogP contribution in [-0.4, -0.2) is 56.0 Å². The van der Waals surface area contributed by atoms with Gasteiger partial charge in [0, 0.05) is 18.6 Å². The maximum atomic E-state index is 11.6. The Morgan fingerprint density at radius 2 is 2.06 bits per heavy atom. The first kappa shape index (κ1) is 12.3. The van der Waals surface area contributed by atoms with Gasteiger partial charge < -0.3 is 5.11 Å². The lowest BCUT2D eigenvalue weighted by atomic mass is 10.00. The van der Waals surface area contributed by atoms with Crippen LogP contribution < -0.4 is 4.72 Å². The molecule has 2 aliphatic heterocycles. The number of rotatable bonds is 4. The third kappa shape index (κ3) is 2.74. The van der Waals surface area contributed by atoms with Crippen LogP contribution in [0.25, 0.3) is 0 Å². The number of hydrogen-bond acceptors (Lipinski definition) is 4. The minimum absolute atomic E-state index is 0.0526. The van der Waals surface area contributed by atoms with Gasteiger partial charge in [0.2, 0.25) is 10.0 Å². The Morgan fingerprint density at radius 1 is 1.25 bits per heavy atom. The van der Waals surface area contributed by atoms with Gasteiger partial charge in [-0.15, -0.1) is 0 Å². The van der Waals surface area contributed by atoms with Crippen LogP contribution >= 0.6 is 0 Å².